The van der Waals surface area contributed by atoms with Crippen LogP contribution < -0.4 is 16.2 Å². The molecule has 1 aromatic carbocycles. The van der Waals surface area contributed by atoms with Crippen molar-refractivity contribution in [3.05, 3.63) is 35.1 Å². The van der Waals surface area contributed by atoms with Crippen molar-refractivity contribution in [2.24, 2.45) is 0 Å². The van der Waals surface area contributed by atoms with E-state index in [1.54, 1.807) is 6.92 Å². The molecular formula is C13H14FN3O3. The van der Waals surface area contributed by atoms with E-state index in [2.05, 4.69) is 10.7 Å². The van der Waals surface area contributed by atoms with Crippen LogP contribution in [0.15, 0.2) is 18.2 Å². The first-order chi connectivity index (χ1) is 9.47. The van der Waals surface area contributed by atoms with Crippen LogP contribution in [0, 0.1) is 12.7 Å². The third-order valence-electron chi connectivity index (χ3n) is 2.84. The molecule has 2 rings (SSSR count). The molecule has 6 nitrogen and oxygen atoms in total. The maximum atomic E-state index is 13.3. The first kappa shape index (κ1) is 14.0. The summed E-state index contributed by atoms with van der Waals surface area (Å²) in [5, 5.41) is 2.47. The summed E-state index contributed by atoms with van der Waals surface area (Å²) >= 11 is 0. The molecule has 7 heteroatoms. The van der Waals surface area contributed by atoms with Crippen molar-refractivity contribution >= 4 is 17.7 Å². The van der Waals surface area contributed by atoms with Gasteiger partial charge in [-0.05, 0) is 37.5 Å². The van der Waals surface area contributed by atoms with Crippen molar-refractivity contribution in [3.63, 3.8) is 0 Å². The molecule has 0 radical (unpaired) electrons. The second kappa shape index (κ2) is 5.68. The van der Waals surface area contributed by atoms with Gasteiger partial charge in [-0.2, -0.15) is 0 Å². The Morgan fingerprint density at radius 1 is 1.15 bits per heavy atom. The van der Waals surface area contributed by atoms with Crippen molar-refractivity contribution in [1.29, 1.82) is 0 Å². The molecule has 1 saturated carbocycles. The van der Waals surface area contributed by atoms with Crippen LogP contribution >= 0.6 is 0 Å². The normalized spacial score (nSPS) is 13.5. The van der Waals surface area contributed by atoms with Crippen LogP contribution in [0.1, 0.15) is 28.8 Å². The fraction of sp³-hybridized carbons (Fsp3) is 0.308. The molecule has 1 aromatic rings. The predicted octanol–water partition coefficient (Wildman–Crippen LogP) is 0.174. The number of amides is 3. The maximum Gasteiger partial charge on any atom is 0.327 e. The molecule has 0 aliphatic heterocycles. The molecule has 0 saturated heterocycles. The Bertz CT molecular complexity index is 570. The highest BCUT2D eigenvalue weighted by molar-refractivity contribution is 6.35. The molecule has 1 aliphatic carbocycles. The van der Waals surface area contributed by atoms with Crippen LogP contribution in [0.5, 0.6) is 0 Å². The van der Waals surface area contributed by atoms with E-state index in [0.29, 0.717) is 5.56 Å². The average Bonchev–Trinajstić information content (AvgIpc) is 3.22. The number of halogens is 1. The van der Waals surface area contributed by atoms with Crippen molar-refractivity contribution in [1.82, 2.24) is 16.2 Å². The number of hydrazine groups is 1. The van der Waals surface area contributed by atoms with E-state index in [1.165, 1.54) is 12.1 Å². The van der Waals surface area contributed by atoms with E-state index in [0.717, 1.165) is 18.9 Å². The summed E-state index contributed by atoms with van der Waals surface area (Å²) < 4.78 is 13.3. The minimum atomic E-state index is -0.960. The largest absolute Gasteiger partial charge is 0.345 e. The molecule has 106 valence electrons. The van der Waals surface area contributed by atoms with Gasteiger partial charge in [0, 0.05) is 11.6 Å². The van der Waals surface area contributed by atoms with Gasteiger partial charge in [0.15, 0.2) is 0 Å². The number of hydrogen-bond donors (Lipinski definition) is 3. The number of carbonyl (C=O) groups is 3. The zero-order valence-corrected chi connectivity index (χ0v) is 10.8. The molecule has 0 bridgehead atoms. The highest BCUT2D eigenvalue weighted by Crippen LogP contribution is 2.18. The number of benzene rings is 1. The van der Waals surface area contributed by atoms with Crippen LogP contribution in [0.3, 0.4) is 0 Å². The van der Waals surface area contributed by atoms with E-state index >= 15 is 0 Å². The molecule has 3 N–H and O–H groups in total. The van der Waals surface area contributed by atoms with Crippen molar-refractivity contribution in [2.45, 2.75) is 25.8 Å². The quantitative estimate of drug-likeness (QED) is 0.533. The van der Waals surface area contributed by atoms with Crippen LogP contribution in [0.2, 0.25) is 0 Å². The Labute approximate surface area is 114 Å². The van der Waals surface area contributed by atoms with Crippen LogP contribution in [0.4, 0.5) is 4.39 Å². The molecule has 0 heterocycles. The molecule has 0 aromatic heterocycles. The number of carbonyl (C=O) groups excluding carboxylic acids is 3. The van der Waals surface area contributed by atoms with Gasteiger partial charge in [0.2, 0.25) is 0 Å². The summed E-state index contributed by atoms with van der Waals surface area (Å²) in [6, 6.07) is 3.98. The van der Waals surface area contributed by atoms with Crippen LogP contribution in [-0.2, 0) is 9.59 Å². The van der Waals surface area contributed by atoms with Crippen LogP contribution in [0.25, 0.3) is 0 Å². The monoisotopic (exact) mass is 279 g/mol. The second-order valence-electron chi connectivity index (χ2n) is 4.62. The molecule has 20 heavy (non-hydrogen) atoms. The second-order valence-corrected chi connectivity index (χ2v) is 4.62. The lowest BCUT2D eigenvalue weighted by Gasteiger charge is -2.08. The SMILES string of the molecule is Cc1ccc(C(=O)NNC(=O)C(=O)NC2CC2)cc1F. The Morgan fingerprint density at radius 2 is 1.85 bits per heavy atom. The van der Waals surface area contributed by atoms with Gasteiger partial charge in [0.05, 0.1) is 0 Å². The smallest absolute Gasteiger partial charge is 0.327 e. The summed E-state index contributed by atoms with van der Waals surface area (Å²) in [5.41, 5.74) is 4.49. The Kier molecular flexibility index (Phi) is 3.97. The van der Waals surface area contributed by atoms with E-state index in [1.807, 2.05) is 5.43 Å². The summed E-state index contributed by atoms with van der Waals surface area (Å²) in [4.78, 5) is 34.3. The number of nitrogens with one attached hydrogen (secondary N) is 3. The minimum Gasteiger partial charge on any atom is -0.345 e. The third-order valence-corrected chi connectivity index (χ3v) is 2.84. The van der Waals surface area contributed by atoms with Gasteiger partial charge in [-0.15, -0.1) is 0 Å². The zero-order chi connectivity index (χ0) is 14.7. The van der Waals surface area contributed by atoms with Gasteiger partial charge < -0.3 is 5.32 Å². The average molecular weight is 279 g/mol. The van der Waals surface area contributed by atoms with Gasteiger partial charge in [-0.25, -0.2) is 4.39 Å². The van der Waals surface area contributed by atoms with Gasteiger partial charge in [0.25, 0.3) is 5.91 Å². The summed E-state index contributed by atoms with van der Waals surface area (Å²) in [6.45, 7) is 1.57. The van der Waals surface area contributed by atoms with Crippen molar-refractivity contribution < 1.29 is 18.8 Å². The van der Waals surface area contributed by atoms with Crippen molar-refractivity contribution in [3.8, 4) is 0 Å². The molecule has 3 amide bonds. The fourth-order valence-corrected chi connectivity index (χ4v) is 1.46. The molecule has 1 fully saturated rings. The van der Waals surface area contributed by atoms with Gasteiger partial charge in [-0.3, -0.25) is 25.2 Å². The number of rotatable bonds is 2. The lowest BCUT2D eigenvalue weighted by Crippen LogP contribution is -2.49. The van der Waals surface area contributed by atoms with Crippen LogP contribution in [-0.4, -0.2) is 23.8 Å². The van der Waals surface area contributed by atoms with Gasteiger partial charge >= 0.3 is 11.8 Å². The van der Waals surface area contributed by atoms with E-state index in [4.69, 9.17) is 0 Å². The first-order valence-corrected chi connectivity index (χ1v) is 6.14. The Balaban J connectivity index is 1.86. The van der Waals surface area contributed by atoms with E-state index in [9.17, 15) is 18.8 Å². The van der Waals surface area contributed by atoms with Gasteiger partial charge in [0.1, 0.15) is 5.82 Å². The van der Waals surface area contributed by atoms with Crippen molar-refractivity contribution in [2.75, 3.05) is 0 Å². The molecular weight excluding hydrogens is 265 g/mol. The highest BCUT2D eigenvalue weighted by Gasteiger charge is 2.26. The number of aryl methyl sites for hydroxylation is 1. The molecule has 0 atom stereocenters. The summed E-state index contributed by atoms with van der Waals surface area (Å²) in [6.07, 6.45) is 1.71. The van der Waals surface area contributed by atoms with E-state index in [-0.39, 0.29) is 11.6 Å². The Morgan fingerprint density at radius 3 is 2.45 bits per heavy atom. The minimum absolute atomic E-state index is 0.0511. The predicted molar refractivity (Wildman–Crippen MR) is 67.9 cm³/mol. The van der Waals surface area contributed by atoms with E-state index < -0.39 is 23.5 Å². The summed E-state index contributed by atoms with van der Waals surface area (Å²) in [5.74, 6) is -2.98. The lowest BCUT2D eigenvalue weighted by molar-refractivity contribution is -0.139. The number of hydrogen-bond acceptors (Lipinski definition) is 3. The first-order valence-electron chi connectivity index (χ1n) is 6.14. The standard InChI is InChI=1S/C13H14FN3O3/c1-7-2-3-8(6-10(7)14)11(18)16-17-13(20)12(19)15-9-4-5-9/h2-3,6,9H,4-5H2,1H3,(H,15,19)(H,16,18)(H,17,20). The maximum absolute atomic E-state index is 13.3. The van der Waals surface area contributed by atoms with Gasteiger partial charge in [-0.1, -0.05) is 6.07 Å². The topological polar surface area (TPSA) is 87.3 Å². The highest BCUT2D eigenvalue weighted by atomic mass is 19.1. The zero-order valence-electron chi connectivity index (χ0n) is 10.8. The molecule has 0 unspecified atom stereocenters. The molecule has 1 aliphatic rings. The third kappa shape index (κ3) is 3.53. The lowest BCUT2D eigenvalue weighted by atomic mass is 10.1. The molecule has 0 spiro atoms. The Hall–Kier alpha value is -2.44. The summed E-state index contributed by atoms with van der Waals surface area (Å²) in [7, 11) is 0. The fourth-order valence-electron chi connectivity index (χ4n) is 1.46.